The SMILES string of the molecule is NCc1cccc(CC2(O)CCSC2)c1. The highest BCUT2D eigenvalue weighted by molar-refractivity contribution is 7.99. The van der Waals surface area contributed by atoms with E-state index in [0.717, 1.165) is 29.9 Å². The second-order valence-electron chi connectivity index (χ2n) is 4.23. The smallest absolute Gasteiger partial charge is 0.0785 e. The van der Waals surface area contributed by atoms with Crippen LogP contribution in [0.15, 0.2) is 24.3 Å². The van der Waals surface area contributed by atoms with Gasteiger partial charge in [0.25, 0.3) is 0 Å². The Labute approximate surface area is 94.9 Å². The molecule has 0 aliphatic carbocycles. The fraction of sp³-hybridized carbons (Fsp3) is 0.500. The van der Waals surface area contributed by atoms with E-state index in [1.165, 1.54) is 5.56 Å². The molecule has 1 aromatic carbocycles. The maximum Gasteiger partial charge on any atom is 0.0785 e. The Morgan fingerprint density at radius 2 is 2.20 bits per heavy atom. The van der Waals surface area contributed by atoms with Gasteiger partial charge in [0.2, 0.25) is 0 Å². The van der Waals surface area contributed by atoms with E-state index in [2.05, 4.69) is 12.1 Å². The monoisotopic (exact) mass is 223 g/mol. The molecule has 1 aliphatic heterocycles. The molecule has 15 heavy (non-hydrogen) atoms. The lowest BCUT2D eigenvalue weighted by Gasteiger charge is -2.21. The summed E-state index contributed by atoms with van der Waals surface area (Å²) in [7, 11) is 0. The van der Waals surface area contributed by atoms with Gasteiger partial charge >= 0.3 is 0 Å². The van der Waals surface area contributed by atoms with E-state index in [-0.39, 0.29) is 0 Å². The Kier molecular flexibility index (Phi) is 3.34. The summed E-state index contributed by atoms with van der Waals surface area (Å²) >= 11 is 1.84. The second-order valence-corrected chi connectivity index (χ2v) is 5.33. The summed E-state index contributed by atoms with van der Waals surface area (Å²) in [4.78, 5) is 0. The van der Waals surface area contributed by atoms with Crippen LogP contribution in [0, 0.1) is 0 Å². The van der Waals surface area contributed by atoms with Crippen LogP contribution in [-0.2, 0) is 13.0 Å². The maximum atomic E-state index is 10.3. The van der Waals surface area contributed by atoms with Gasteiger partial charge in [0.15, 0.2) is 0 Å². The van der Waals surface area contributed by atoms with Crippen molar-refractivity contribution in [3.63, 3.8) is 0 Å². The van der Waals surface area contributed by atoms with Crippen LogP contribution in [0.25, 0.3) is 0 Å². The van der Waals surface area contributed by atoms with E-state index in [0.29, 0.717) is 6.54 Å². The van der Waals surface area contributed by atoms with E-state index >= 15 is 0 Å². The summed E-state index contributed by atoms with van der Waals surface area (Å²) in [6.07, 6.45) is 1.67. The molecule has 2 nitrogen and oxygen atoms in total. The largest absolute Gasteiger partial charge is 0.389 e. The minimum Gasteiger partial charge on any atom is -0.389 e. The molecule has 82 valence electrons. The Morgan fingerprint density at radius 3 is 2.87 bits per heavy atom. The third kappa shape index (κ3) is 2.74. The Balaban J connectivity index is 2.09. The first-order valence-corrected chi connectivity index (χ1v) is 6.45. The van der Waals surface area contributed by atoms with Crippen LogP contribution in [0.1, 0.15) is 17.5 Å². The zero-order valence-corrected chi connectivity index (χ0v) is 9.59. The average molecular weight is 223 g/mol. The second kappa shape index (κ2) is 4.56. The lowest BCUT2D eigenvalue weighted by atomic mass is 9.93. The third-order valence-electron chi connectivity index (χ3n) is 2.84. The van der Waals surface area contributed by atoms with Crippen LogP contribution in [0.2, 0.25) is 0 Å². The average Bonchev–Trinajstić information content (AvgIpc) is 2.65. The molecule has 1 aromatic rings. The molecule has 2 rings (SSSR count). The number of nitrogens with two attached hydrogens (primary N) is 1. The van der Waals surface area contributed by atoms with Gasteiger partial charge in [-0.1, -0.05) is 24.3 Å². The van der Waals surface area contributed by atoms with Gasteiger partial charge in [-0.2, -0.15) is 11.8 Å². The van der Waals surface area contributed by atoms with E-state index in [9.17, 15) is 5.11 Å². The van der Waals surface area contributed by atoms with Crippen LogP contribution in [-0.4, -0.2) is 22.2 Å². The fourth-order valence-corrected chi connectivity index (χ4v) is 3.28. The van der Waals surface area contributed by atoms with Gasteiger partial charge in [-0.25, -0.2) is 0 Å². The molecule has 1 heterocycles. The lowest BCUT2D eigenvalue weighted by Crippen LogP contribution is -2.30. The van der Waals surface area contributed by atoms with E-state index in [4.69, 9.17) is 5.73 Å². The van der Waals surface area contributed by atoms with E-state index < -0.39 is 5.60 Å². The van der Waals surface area contributed by atoms with Gasteiger partial charge in [-0.15, -0.1) is 0 Å². The zero-order chi connectivity index (χ0) is 10.7. The van der Waals surface area contributed by atoms with E-state index in [1.807, 2.05) is 23.9 Å². The highest BCUT2D eigenvalue weighted by atomic mass is 32.2. The van der Waals surface area contributed by atoms with Crippen molar-refractivity contribution in [1.29, 1.82) is 0 Å². The summed E-state index contributed by atoms with van der Waals surface area (Å²) in [5, 5.41) is 10.3. The van der Waals surface area contributed by atoms with Gasteiger partial charge in [0, 0.05) is 18.7 Å². The first kappa shape index (κ1) is 11.0. The molecule has 0 amide bonds. The van der Waals surface area contributed by atoms with Crippen molar-refractivity contribution in [2.45, 2.75) is 25.0 Å². The quantitative estimate of drug-likeness (QED) is 0.817. The van der Waals surface area contributed by atoms with Crippen molar-refractivity contribution in [1.82, 2.24) is 0 Å². The molecule has 0 aromatic heterocycles. The van der Waals surface area contributed by atoms with Crippen molar-refractivity contribution >= 4 is 11.8 Å². The fourth-order valence-electron chi connectivity index (χ4n) is 1.98. The van der Waals surface area contributed by atoms with Crippen molar-refractivity contribution in [2.75, 3.05) is 11.5 Å². The van der Waals surface area contributed by atoms with Crippen molar-refractivity contribution in [3.05, 3.63) is 35.4 Å². The molecule has 1 fully saturated rings. The van der Waals surface area contributed by atoms with Crippen LogP contribution in [0.5, 0.6) is 0 Å². The summed E-state index contributed by atoms with van der Waals surface area (Å²) in [5.74, 6) is 1.94. The topological polar surface area (TPSA) is 46.2 Å². The predicted molar refractivity (Wildman–Crippen MR) is 64.9 cm³/mol. The normalized spacial score (nSPS) is 25.7. The Morgan fingerprint density at radius 1 is 1.40 bits per heavy atom. The summed E-state index contributed by atoms with van der Waals surface area (Å²) < 4.78 is 0. The zero-order valence-electron chi connectivity index (χ0n) is 8.78. The van der Waals surface area contributed by atoms with Gasteiger partial charge in [-0.3, -0.25) is 0 Å². The molecule has 0 spiro atoms. The Hall–Kier alpha value is -0.510. The minimum atomic E-state index is -0.488. The third-order valence-corrected chi connectivity index (χ3v) is 4.08. The highest BCUT2D eigenvalue weighted by Crippen LogP contribution is 2.30. The molecule has 0 bridgehead atoms. The summed E-state index contributed by atoms with van der Waals surface area (Å²) in [5.41, 5.74) is 7.44. The van der Waals surface area contributed by atoms with Gasteiger partial charge in [-0.05, 0) is 23.3 Å². The molecule has 1 atom stereocenters. The van der Waals surface area contributed by atoms with Crippen LogP contribution < -0.4 is 5.73 Å². The number of hydrogen-bond acceptors (Lipinski definition) is 3. The van der Waals surface area contributed by atoms with Gasteiger partial charge < -0.3 is 10.8 Å². The standard InChI is InChI=1S/C12H17NOS/c13-8-11-3-1-2-10(6-11)7-12(14)4-5-15-9-12/h1-3,6,14H,4-5,7-9,13H2. The maximum absolute atomic E-state index is 10.3. The molecule has 3 heteroatoms. The number of hydrogen-bond donors (Lipinski definition) is 2. The molecule has 1 unspecified atom stereocenters. The summed E-state index contributed by atoms with van der Waals surface area (Å²) in [6.45, 7) is 0.570. The van der Waals surface area contributed by atoms with Crippen molar-refractivity contribution in [2.24, 2.45) is 5.73 Å². The first-order chi connectivity index (χ1) is 7.22. The van der Waals surface area contributed by atoms with Gasteiger partial charge in [0.05, 0.1) is 5.60 Å². The molecule has 0 saturated carbocycles. The molecular weight excluding hydrogens is 206 g/mol. The summed E-state index contributed by atoms with van der Waals surface area (Å²) in [6, 6.07) is 8.21. The molecule has 1 aliphatic rings. The number of benzene rings is 1. The van der Waals surface area contributed by atoms with Crippen LogP contribution in [0.3, 0.4) is 0 Å². The number of thioether (sulfide) groups is 1. The van der Waals surface area contributed by atoms with E-state index in [1.54, 1.807) is 0 Å². The number of rotatable bonds is 3. The Bertz CT molecular complexity index is 334. The van der Waals surface area contributed by atoms with Crippen LogP contribution >= 0.6 is 11.8 Å². The molecule has 0 radical (unpaired) electrons. The molecular formula is C12H17NOS. The molecule has 3 N–H and O–H groups in total. The van der Waals surface area contributed by atoms with Gasteiger partial charge in [0.1, 0.15) is 0 Å². The highest BCUT2D eigenvalue weighted by Gasteiger charge is 2.31. The predicted octanol–water partition coefficient (Wildman–Crippen LogP) is 1.56. The lowest BCUT2D eigenvalue weighted by molar-refractivity contribution is 0.0686. The van der Waals surface area contributed by atoms with Crippen molar-refractivity contribution in [3.8, 4) is 0 Å². The number of aliphatic hydroxyl groups is 1. The molecule has 1 saturated heterocycles. The van der Waals surface area contributed by atoms with Crippen LogP contribution in [0.4, 0.5) is 0 Å². The minimum absolute atomic E-state index is 0.488. The first-order valence-electron chi connectivity index (χ1n) is 5.30. The van der Waals surface area contributed by atoms with Crippen molar-refractivity contribution < 1.29 is 5.11 Å².